The van der Waals surface area contributed by atoms with Gasteiger partial charge in [0.25, 0.3) is 0 Å². The van der Waals surface area contributed by atoms with Crippen LogP contribution in [0, 0.1) is 0 Å². The van der Waals surface area contributed by atoms with Crippen LogP contribution in [0.3, 0.4) is 0 Å². The van der Waals surface area contributed by atoms with E-state index >= 15 is 0 Å². The lowest BCUT2D eigenvalue weighted by Gasteiger charge is -2.27. The summed E-state index contributed by atoms with van der Waals surface area (Å²) in [5, 5.41) is 2.68. The lowest BCUT2D eigenvalue weighted by Crippen LogP contribution is -2.53. The van der Waals surface area contributed by atoms with E-state index in [-0.39, 0.29) is 6.61 Å². The Morgan fingerprint density at radius 2 is 1.78 bits per heavy atom. The summed E-state index contributed by atoms with van der Waals surface area (Å²) >= 11 is 0. The number of rotatable bonds is 4. The minimum Gasteiger partial charge on any atom is -0.445 e. The lowest BCUT2D eigenvalue weighted by molar-refractivity contribution is -0.124. The Balaban J connectivity index is 1.74. The lowest BCUT2D eigenvalue weighted by atomic mass is 9.91. The van der Waals surface area contributed by atoms with Crippen LogP contribution in [0.1, 0.15) is 23.1 Å². The van der Waals surface area contributed by atoms with E-state index in [1.165, 1.54) is 0 Å². The minimum atomic E-state index is -1.19. The standard InChI is InChI=1S/C18H18N2O3/c19-16(21)18(11-10-14-8-4-5-9-15(14)18)20-17(22)23-12-13-6-2-1-3-7-13/h1-9H,10-12H2,(H2,19,21)(H,20,22)/t18-/m1/s1. The fraction of sp³-hybridized carbons (Fsp3) is 0.222. The molecule has 3 rings (SSSR count). The van der Waals surface area contributed by atoms with Gasteiger partial charge in [0, 0.05) is 0 Å². The van der Waals surface area contributed by atoms with Crippen molar-refractivity contribution in [1.82, 2.24) is 5.32 Å². The quantitative estimate of drug-likeness (QED) is 0.908. The number of aryl methyl sites for hydroxylation is 1. The van der Waals surface area contributed by atoms with Gasteiger partial charge in [-0.25, -0.2) is 4.79 Å². The third kappa shape index (κ3) is 2.90. The molecule has 0 bridgehead atoms. The van der Waals surface area contributed by atoms with Crippen molar-refractivity contribution in [3.05, 3.63) is 71.3 Å². The summed E-state index contributed by atoms with van der Waals surface area (Å²) < 4.78 is 5.22. The van der Waals surface area contributed by atoms with E-state index < -0.39 is 17.5 Å². The normalized spacial score (nSPS) is 19.0. The highest BCUT2D eigenvalue weighted by Gasteiger charge is 2.45. The van der Waals surface area contributed by atoms with Gasteiger partial charge in [-0.15, -0.1) is 0 Å². The van der Waals surface area contributed by atoms with Gasteiger partial charge >= 0.3 is 6.09 Å². The molecule has 2 aromatic rings. The molecular formula is C18H18N2O3. The van der Waals surface area contributed by atoms with E-state index in [1.54, 1.807) is 0 Å². The molecule has 0 fully saturated rings. The summed E-state index contributed by atoms with van der Waals surface area (Å²) in [5.41, 5.74) is 7.06. The first-order chi connectivity index (χ1) is 11.1. The molecule has 2 amide bonds. The second kappa shape index (κ2) is 6.12. The van der Waals surface area contributed by atoms with Crippen LogP contribution in [0.5, 0.6) is 0 Å². The minimum absolute atomic E-state index is 0.142. The summed E-state index contributed by atoms with van der Waals surface area (Å²) in [6.45, 7) is 0.142. The number of hydrogen-bond acceptors (Lipinski definition) is 3. The zero-order chi connectivity index (χ0) is 16.3. The van der Waals surface area contributed by atoms with Gasteiger partial charge in [0.1, 0.15) is 12.1 Å². The number of nitrogens with two attached hydrogens (primary N) is 1. The molecule has 118 valence electrons. The number of carbonyl (C=O) groups is 2. The van der Waals surface area contributed by atoms with Crippen LogP contribution in [0.15, 0.2) is 54.6 Å². The second-order valence-electron chi connectivity index (χ2n) is 5.61. The molecule has 0 saturated carbocycles. The van der Waals surface area contributed by atoms with Crippen molar-refractivity contribution < 1.29 is 14.3 Å². The van der Waals surface area contributed by atoms with Crippen LogP contribution in [-0.2, 0) is 28.1 Å². The number of hydrogen-bond donors (Lipinski definition) is 2. The number of fused-ring (bicyclic) bond motifs is 1. The van der Waals surface area contributed by atoms with Gasteiger partial charge in [-0.05, 0) is 29.5 Å². The molecule has 0 aliphatic heterocycles. The van der Waals surface area contributed by atoms with E-state index in [1.807, 2.05) is 54.6 Å². The molecule has 5 heteroatoms. The molecule has 1 aliphatic carbocycles. The van der Waals surface area contributed by atoms with Crippen LogP contribution in [0.2, 0.25) is 0 Å². The molecular weight excluding hydrogens is 292 g/mol. The van der Waals surface area contributed by atoms with Crippen molar-refractivity contribution >= 4 is 12.0 Å². The van der Waals surface area contributed by atoms with Crippen LogP contribution in [0.4, 0.5) is 4.79 Å². The Labute approximate surface area is 134 Å². The maximum absolute atomic E-state index is 12.2. The number of nitrogens with one attached hydrogen (secondary N) is 1. The van der Waals surface area contributed by atoms with Gasteiger partial charge in [-0.1, -0.05) is 54.6 Å². The number of amides is 2. The molecule has 3 N–H and O–H groups in total. The molecule has 1 atom stereocenters. The monoisotopic (exact) mass is 310 g/mol. The summed E-state index contributed by atoms with van der Waals surface area (Å²) in [4.78, 5) is 24.2. The zero-order valence-electron chi connectivity index (χ0n) is 12.6. The third-order valence-corrected chi connectivity index (χ3v) is 4.20. The largest absolute Gasteiger partial charge is 0.445 e. The molecule has 0 aromatic heterocycles. The smallest absolute Gasteiger partial charge is 0.408 e. The molecule has 0 saturated heterocycles. The third-order valence-electron chi connectivity index (χ3n) is 4.20. The maximum atomic E-state index is 12.2. The number of benzene rings is 2. The summed E-state index contributed by atoms with van der Waals surface area (Å²) in [5.74, 6) is -0.570. The zero-order valence-corrected chi connectivity index (χ0v) is 12.6. The Bertz CT molecular complexity index is 730. The van der Waals surface area contributed by atoms with Gasteiger partial charge in [0.05, 0.1) is 0 Å². The Morgan fingerprint density at radius 1 is 1.09 bits per heavy atom. The van der Waals surface area contributed by atoms with Crippen molar-refractivity contribution in [2.75, 3.05) is 0 Å². The van der Waals surface area contributed by atoms with Crippen LogP contribution in [0.25, 0.3) is 0 Å². The van der Waals surface area contributed by atoms with Gasteiger partial charge in [0.15, 0.2) is 0 Å². The van der Waals surface area contributed by atoms with Crippen molar-refractivity contribution in [3.63, 3.8) is 0 Å². The fourth-order valence-electron chi connectivity index (χ4n) is 2.99. The van der Waals surface area contributed by atoms with E-state index in [4.69, 9.17) is 10.5 Å². The first kappa shape index (κ1) is 15.1. The van der Waals surface area contributed by atoms with Crippen molar-refractivity contribution in [3.8, 4) is 0 Å². The van der Waals surface area contributed by atoms with Crippen LogP contribution < -0.4 is 11.1 Å². The molecule has 0 radical (unpaired) electrons. The molecule has 5 nitrogen and oxygen atoms in total. The average molecular weight is 310 g/mol. The Hall–Kier alpha value is -2.82. The second-order valence-corrected chi connectivity index (χ2v) is 5.61. The van der Waals surface area contributed by atoms with Crippen molar-refractivity contribution in [1.29, 1.82) is 0 Å². The molecule has 2 aromatic carbocycles. The Kier molecular flexibility index (Phi) is 4.02. The van der Waals surface area contributed by atoms with E-state index in [2.05, 4.69) is 5.32 Å². The molecule has 1 aliphatic rings. The predicted octanol–water partition coefficient (Wildman–Crippen LogP) is 2.24. The fourth-order valence-corrected chi connectivity index (χ4v) is 2.99. The highest BCUT2D eigenvalue weighted by atomic mass is 16.5. The first-order valence-electron chi connectivity index (χ1n) is 7.49. The van der Waals surface area contributed by atoms with Crippen molar-refractivity contribution in [2.24, 2.45) is 5.73 Å². The van der Waals surface area contributed by atoms with Crippen LogP contribution >= 0.6 is 0 Å². The Morgan fingerprint density at radius 3 is 2.52 bits per heavy atom. The molecule has 0 unspecified atom stereocenters. The molecule has 0 heterocycles. The van der Waals surface area contributed by atoms with Gasteiger partial charge in [-0.3, -0.25) is 4.79 Å². The number of ether oxygens (including phenoxy) is 1. The average Bonchev–Trinajstić information content (AvgIpc) is 2.94. The topological polar surface area (TPSA) is 81.4 Å². The first-order valence-corrected chi connectivity index (χ1v) is 7.49. The summed E-state index contributed by atoms with van der Waals surface area (Å²) in [6, 6.07) is 16.9. The molecule has 0 spiro atoms. The highest BCUT2D eigenvalue weighted by Crippen LogP contribution is 2.36. The van der Waals surface area contributed by atoms with Gasteiger partial charge < -0.3 is 15.8 Å². The number of carbonyl (C=O) groups excluding carboxylic acids is 2. The highest BCUT2D eigenvalue weighted by molar-refractivity contribution is 5.91. The van der Waals surface area contributed by atoms with Gasteiger partial charge in [0.2, 0.25) is 5.91 Å². The summed E-state index contributed by atoms with van der Waals surface area (Å²) in [6.07, 6.45) is 0.490. The maximum Gasteiger partial charge on any atom is 0.408 e. The van der Waals surface area contributed by atoms with E-state index in [9.17, 15) is 9.59 Å². The SMILES string of the molecule is NC(=O)[C@@]1(NC(=O)OCc2ccccc2)CCc2ccccc21. The number of primary amides is 1. The number of alkyl carbamates (subject to hydrolysis) is 1. The van der Waals surface area contributed by atoms with Crippen molar-refractivity contribution in [2.45, 2.75) is 25.0 Å². The van der Waals surface area contributed by atoms with Crippen LogP contribution in [-0.4, -0.2) is 12.0 Å². The van der Waals surface area contributed by atoms with E-state index in [0.29, 0.717) is 12.8 Å². The molecule has 23 heavy (non-hydrogen) atoms. The van der Waals surface area contributed by atoms with E-state index in [0.717, 1.165) is 16.7 Å². The predicted molar refractivity (Wildman–Crippen MR) is 85.4 cm³/mol. The summed E-state index contributed by atoms with van der Waals surface area (Å²) in [7, 11) is 0. The van der Waals surface area contributed by atoms with Gasteiger partial charge in [-0.2, -0.15) is 0 Å².